The Labute approximate surface area is 191 Å². The minimum Gasteiger partial charge on any atom is -0.502 e. The van der Waals surface area contributed by atoms with E-state index in [-0.39, 0.29) is 53.9 Å². The summed E-state index contributed by atoms with van der Waals surface area (Å²) in [6, 6.07) is 8.98. The van der Waals surface area contributed by atoms with Crippen molar-refractivity contribution < 1.29 is 32.5 Å². The van der Waals surface area contributed by atoms with Gasteiger partial charge in [0.15, 0.2) is 11.5 Å². The summed E-state index contributed by atoms with van der Waals surface area (Å²) < 4.78 is 51.9. The molecule has 1 atom stereocenters. The average Bonchev–Trinajstić information content (AvgIpc) is 2.70. The number of alkyl halides is 3. The Bertz CT molecular complexity index is 807. The Balaban J connectivity index is 0.00000240. The molecule has 1 aliphatic rings. The van der Waals surface area contributed by atoms with Gasteiger partial charge in [0.1, 0.15) is 5.75 Å². The lowest BCUT2D eigenvalue weighted by Gasteiger charge is -2.36. The summed E-state index contributed by atoms with van der Waals surface area (Å²) in [5.74, 6) is 0.140. The number of ether oxygens (including phenoxy) is 3. The van der Waals surface area contributed by atoms with Gasteiger partial charge in [-0.2, -0.15) is 0 Å². The second-order valence-electron chi connectivity index (χ2n) is 6.58. The van der Waals surface area contributed by atoms with Crippen LogP contribution in [0, 0.1) is 0 Å². The zero-order valence-corrected chi connectivity index (χ0v) is 18.6. The smallest absolute Gasteiger partial charge is 0.502 e. The van der Waals surface area contributed by atoms with E-state index >= 15 is 0 Å². The topological polar surface area (TPSA) is 63.2 Å². The molecule has 0 aliphatic carbocycles. The van der Waals surface area contributed by atoms with Gasteiger partial charge in [-0.05, 0) is 35.4 Å². The van der Waals surface area contributed by atoms with Crippen LogP contribution in [0.4, 0.5) is 13.2 Å². The molecule has 0 amide bonds. The predicted octanol–water partition coefficient (Wildman–Crippen LogP) is 4.15. The van der Waals surface area contributed by atoms with E-state index in [1.54, 1.807) is 24.3 Å². The minimum atomic E-state index is -4.74. The highest BCUT2D eigenvalue weighted by Gasteiger charge is 2.31. The van der Waals surface area contributed by atoms with E-state index in [0.29, 0.717) is 0 Å². The van der Waals surface area contributed by atoms with E-state index < -0.39 is 6.36 Å². The largest absolute Gasteiger partial charge is 0.573 e. The quantitative estimate of drug-likeness (QED) is 0.642. The number of hydrogen-bond donors (Lipinski definition) is 2. The highest BCUT2D eigenvalue weighted by atomic mass is 35.5. The van der Waals surface area contributed by atoms with Crippen molar-refractivity contribution in [1.29, 1.82) is 0 Å². The molecule has 6 nitrogen and oxygen atoms in total. The van der Waals surface area contributed by atoms with Crippen LogP contribution in [0.2, 0.25) is 0 Å². The number of phenolic OH excluding ortho intramolecular Hbond substituents is 1. The molecule has 0 unspecified atom stereocenters. The molecule has 174 valence electrons. The van der Waals surface area contributed by atoms with Gasteiger partial charge in [-0.15, -0.1) is 38.0 Å². The number of nitrogens with zero attached hydrogens (tertiary/aromatic N) is 1. The molecule has 1 fully saturated rings. The van der Waals surface area contributed by atoms with Crippen LogP contribution in [-0.4, -0.2) is 56.8 Å². The van der Waals surface area contributed by atoms with Crippen LogP contribution < -0.4 is 19.5 Å². The molecule has 0 aromatic heterocycles. The summed E-state index contributed by atoms with van der Waals surface area (Å²) in [6.07, 6.45) is -4.74. The number of benzene rings is 2. The molecule has 2 aromatic carbocycles. The molecule has 0 bridgehead atoms. The maximum Gasteiger partial charge on any atom is 0.573 e. The van der Waals surface area contributed by atoms with Crippen molar-refractivity contribution in [3.8, 4) is 23.0 Å². The number of rotatable bonds is 6. The molecule has 1 aliphatic heterocycles. The lowest BCUT2D eigenvalue weighted by molar-refractivity contribution is -0.274. The van der Waals surface area contributed by atoms with Gasteiger partial charge in [0.25, 0.3) is 0 Å². The maximum absolute atomic E-state index is 12.5. The van der Waals surface area contributed by atoms with Gasteiger partial charge in [-0.3, -0.25) is 4.90 Å². The van der Waals surface area contributed by atoms with Crippen LogP contribution in [0.15, 0.2) is 36.4 Å². The van der Waals surface area contributed by atoms with Crippen LogP contribution in [0.3, 0.4) is 0 Å². The van der Waals surface area contributed by atoms with E-state index in [9.17, 15) is 18.3 Å². The van der Waals surface area contributed by atoms with E-state index in [2.05, 4.69) is 15.0 Å². The maximum atomic E-state index is 12.5. The summed E-state index contributed by atoms with van der Waals surface area (Å²) in [6.45, 7) is 3.07. The van der Waals surface area contributed by atoms with E-state index in [0.717, 1.165) is 37.3 Å². The third-order valence-corrected chi connectivity index (χ3v) is 4.76. The Hall–Kier alpha value is -2.07. The molecule has 1 heterocycles. The van der Waals surface area contributed by atoms with Crippen molar-refractivity contribution in [1.82, 2.24) is 10.2 Å². The zero-order chi connectivity index (χ0) is 21.0. The van der Waals surface area contributed by atoms with Crippen LogP contribution >= 0.6 is 24.8 Å². The van der Waals surface area contributed by atoms with Crippen LogP contribution in [0.25, 0.3) is 0 Å². The first-order valence-corrected chi connectivity index (χ1v) is 9.07. The first-order chi connectivity index (χ1) is 13.8. The van der Waals surface area contributed by atoms with Crippen molar-refractivity contribution in [3.63, 3.8) is 0 Å². The Morgan fingerprint density at radius 3 is 1.90 bits per heavy atom. The molecule has 0 saturated carbocycles. The molecule has 31 heavy (non-hydrogen) atoms. The van der Waals surface area contributed by atoms with Gasteiger partial charge in [0.05, 0.1) is 20.3 Å². The van der Waals surface area contributed by atoms with E-state index in [1.807, 2.05) is 0 Å². The van der Waals surface area contributed by atoms with Crippen molar-refractivity contribution in [3.05, 3.63) is 47.5 Å². The third kappa shape index (κ3) is 6.70. The summed E-state index contributed by atoms with van der Waals surface area (Å²) in [7, 11) is 2.89. The fourth-order valence-corrected chi connectivity index (χ4v) is 3.48. The molecule has 2 N–H and O–H groups in total. The van der Waals surface area contributed by atoms with Gasteiger partial charge in [0.2, 0.25) is 5.75 Å². The second-order valence-corrected chi connectivity index (χ2v) is 6.58. The van der Waals surface area contributed by atoms with Crippen LogP contribution in [0.5, 0.6) is 23.0 Å². The Kier molecular flexibility index (Phi) is 10.0. The van der Waals surface area contributed by atoms with E-state index in [4.69, 9.17) is 9.47 Å². The second kappa shape index (κ2) is 11.5. The number of piperazine rings is 1. The first-order valence-electron chi connectivity index (χ1n) is 9.07. The van der Waals surface area contributed by atoms with Crippen molar-refractivity contribution in [2.24, 2.45) is 0 Å². The molecule has 1 saturated heterocycles. The van der Waals surface area contributed by atoms with Gasteiger partial charge in [-0.1, -0.05) is 12.1 Å². The van der Waals surface area contributed by atoms with Crippen LogP contribution in [0.1, 0.15) is 17.2 Å². The number of halogens is 5. The zero-order valence-electron chi connectivity index (χ0n) is 16.9. The fourth-order valence-electron chi connectivity index (χ4n) is 3.48. The summed E-state index contributed by atoms with van der Waals surface area (Å²) in [5, 5.41) is 13.5. The van der Waals surface area contributed by atoms with Crippen LogP contribution in [-0.2, 0) is 0 Å². The molecular formula is C20H25Cl2F3N2O4. The highest BCUT2D eigenvalue weighted by molar-refractivity contribution is 5.85. The Morgan fingerprint density at radius 2 is 1.45 bits per heavy atom. The standard InChI is InChI=1S/C20H23F3N2O4.2ClH/c1-27-16-11-14(12-17(28-2)19(16)26)18(25-9-7-24-8-10-25)13-3-5-15(6-4-13)29-20(21,22)23;;/h3-6,11-12,18,24,26H,7-10H2,1-2H3;2*1H/t18-;;/m1../s1. The van der Waals surface area contributed by atoms with E-state index in [1.165, 1.54) is 26.4 Å². The SMILES string of the molecule is COc1cc([C@@H](c2ccc(OC(F)(F)F)cc2)N2CCNCC2)cc(OC)c1O.Cl.Cl. The predicted molar refractivity (Wildman–Crippen MR) is 115 cm³/mol. The lowest BCUT2D eigenvalue weighted by atomic mass is 9.95. The number of nitrogens with one attached hydrogen (secondary N) is 1. The molecule has 0 spiro atoms. The molecule has 0 radical (unpaired) electrons. The minimum absolute atomic E-state index is 0. The van der Waals surface area contributed by atoms with Crippen molar-refractivity contribution >= 4 is 24.8 Å². The monoisotopic (exact) mass is 484 g/mol. The molecular weight excluding hydrogens is 460 g/mol. The van der Waals surface area contributed by atoms with Gasteiger partial charge in [-0.25, -0.2) is 0 Å². The number of methoxy groups -OCH3 is 2. The lowest BCUT2D eigenvalue weighted by Crippen LogP contribution is -2.45. The first kappa shape index (κ1) is 27.0. The molecule has 3 rings (SSSR count). The van der Waals surface area contributed by atoms with Gasteiger partial charge < -0.3 is 24.6 Å². The number of aromatic hydroxyl groups is 1. The third-order valence-electron chi connectivity index (χ3n) is 4.76. The number of hydrogen-bond acceptors (Lipinski definition) is 6. The summed E-state index contributed by atoms with van der Waals surface area (Å²) >= 11 is 0. The molecule has 11 heteroatoms. The summed E-state index contributed by atoms with van der Waals surface area (Å²) in [5.41, 5.74) is 1.58. The van der Waals surface area contributed by atoms with Gasteiger partial charge in [0, 0.05) is 26.2 Å². The Morgan fingerprint density at radius 1 is 0.935 bits per heavy atom. The molecule has 2 aromatic rings. The van der Waals surface area contributed by atoms with Crippen molar-refractivity contribution in [2.75, 3.05) is 40.4 Å². The summed E-state index contributed by atoms with van der Waals surface area (Å²) in [4.78, 5) is 2.21. The average molecular weight is 485 g/mol. The van der Waals surface area contributed by atoms with Gasteiger partial charge >= 0.3 is 6.36 Å². The fraction of sp³-hybridized carbons (Fsp3) is 0.400. The number of phenols is 1. The normalized spacial score (nSPS) is 15.3. The highest BCUT2D eigenvalue weighted by Crippen LogP contribution is 2.41. The van der Waals surface area contributed by atoms with Crippen molar-refractivity contribution in [2.45, 2.75) is 12.4 Å².